The summed E-state index contributed by atoms with van der Waals surface area (Å²) in [5.41, 5.74) is 1.98. The molecule has 6 nitrogen and oxygen atoms in total. The fourth-order valence-corrected chi connectivity index (χ4v) is 8.95. The zero-order valence-electron chi connectivity index (χ0n) is 21.3. The van der Waals surface area contributed by atoms with Gasteiger partial charge in [-0.2, -0.15) is 0 Å². The molecule has 2 aromatic rings. The van der Waals surface area contributed by atoms with Gasteiger partial charge in [0.15, 0.2) is 11.5 Å². The summed E-state index contributed by atoms with van der Waals surface area (Å²) in [5, 5.41) is 23.6. The monoisotopic (exact) mass is 500 g/mol. The normalized spacial score (nSPS) is 38.0. The molecule has 2 aromatic carbocycles. The van der Waals surface area contributed by atoms with Crippen LogP contribution < -0.4 is 4.74 Å². The van der Waals surface area contributed by atoms with E-state index in [0.29, 0.717) is 12.2 Å². The van der Waals surface area contributed by atoms with Crippen molar-refractivity contribution in [1.29, 1.82) is 0 Å². The summed E-state index contributed by atoms with van der Waals surface area (Å²) < 4.78 is 6.71. The highest BCUT2D eigenvalue weighted by Gasteiger charge is 2.73. The van der Waals surface area contributed by atoms with Crippen LogP contribution in [0.3, 0.4) is 0 Å². The highest BCUT2D eigenvalue weighted by atomic mass is 16.5. The van der Waals surface area contributed by atoms with Crippen molar-refractivity contribution < 1.29 is 19.7 Å². The first-order chi connectivity index (χ1) is 18.0. The lowest BCUT2D eigenvalue weighted by Gasteiger charge is -2.64. The van der Waals surface area contributed by atoms with Gasteiger partial charge in [0.05, 0.1) is 17.1 Å². The molecular weight excluding hydrogens is 464 g/mol. The van der Waals surface area contributed by atoms with Crippen LogP contribution >= 0.6 is 0 Å². The van der Waals surface area contributed by atoms with E-state index in [-0.39, 0.29) is 35.8 Å². The SMILES string of the molecule is O=C1C(Cc2ccccc2)CCN1[C@@H]1CC[C@@]2(O)[C@@H]3Cc4ccc(O)c5c4[C@@]2(CCN3CC2CC2)[C@H]1O5. The maximum Gasteiger partial charge on any atom is 0.226 e. The summed E-state index contributed by atoms with van der Waals surface area (Å²) in [6.07, 6.45) is 6.94. The quantitative estimate of drug-likeness (QED) is 0.658. The number of carbonyl (C=O) groups excluding carboxylic acids is 1. The standard InChI is InChI=1S/C31H36N2O4/c34-24-9-8-21-17-25-31(36)12-10-23(33-14-11-22(29(33)35)16-19-4-2-1-3-5-19)28-30(31,26(21)27(24)37-28)13-15-32(25)18-20-6-7-20/h1-5,8-9,20,22-23,25,28,34,36H,6-7,10-18H2/t22?,23-,25+,28+,30+,31-/m1/s1. The second-order valence-electron chi connectivity index (χ2n) is 12.6. The molecule has 6 aliphatic rings. The Kier molecular flexibility index (Phi) is 4.68. The lowest BCUT2D eigenvalue weighted by atomic mass is 9.48. The minimum Gasteiger partial charge on any atom is -0.504 e. The number of ether oxygens (including phenoxy) is 1. The Balaban J connectivity index is 1.16. The van der Waals surface area contributed by atoms with E-state index in [1.807, 2.05) is 18.2 Å². The zero-order valence-corrected chi connectivity index (χ0v) is 21.3. The number of phenols is 1. The van der Waals surface area contributed by atoms with Crippen LogP contribution in [0.25, 0.3) is 0 Å². The minimum absolute atomic E-state index is 0.00653. The molecule has 4 fully saturated rings. The molecule has 2 N–H and O–H groups in total. The number of aliphatic hydroxyl groups is 1. The van der Waals surface area contributed by atoms with Gasteiger partial charge in [-0.25, -0.2) is 0 Å². The van der Waals surface area contributed by atoms with Gasteiger partial charge in [-0.15, -0.1) is 0 Å². The van der Waals surface area contributed by atoms with Crippen molar-refractivity contribution in [2.45, 2.75) is 80.6 Å². The zero-order chi connectivity index (χ0) is 24.9. The fraction of sp³-hybridized carbons (Fsp3) is 0.581. The van der Waals surface area contributed by atoms with E-state index in [2.05, 4.69) is 28.0 Å². The van der Waals surface area contributed by atoms with Gasteiger partial charge in [-0.1, -0.05) is 36.4 Å². The summed E-state index contributed by atoms with van der Waals surface area (Å²) in [4.78, 5) is 18.4. The largest absolute Gasteiger partial charge is 0.504 e. The van der Waals surface area contributed by atoms with E-state index in [1.165, 1.54) is 24.0 Å². The van der Waals surface area contributed by atoms with E-state index in [0.717, 1.165) is 63.2 Å². The lowest BCUT2D eigenvalue weighted by Crippen LogP contribution is -2.78. The Labute approximate surface area is 218 Å². The summed E-state index contributed by atoms with van der Waals surface area (Å²) in [5.74, 6) is 1.71. The summed E-state index contributed by atoms with van der Waals surface area (Å²) in [6, 6.07) is 14.1. The van der Waals surface area contributed by atoms with Crippen molar-refractivity contribution in [3.8, 4) is 11.5 Å². The Bertz CT molecular complexity index is 1260. The maximum absolute atomic E-state index is 13.8. The molecule has 194 valence electrons. The molecule has 2 bridgehead atoms. The van der Waals surface area contributed by atoms with Crippen LogP contribution in [0.1, 0.15) is 55.2 Å². The molecule has 2 saturated heterocycles. The van der Waals surface area contributed by atoms with Gasteiger partial charge in [-0.05, 0) is 81.0 Å². The van der Waals surface area contributed by atoms with Crippen molar-refractivity contribution in [3.05, 3.63) is 59.2 Å². The Morgan fingerprint density at radius 2 is 1.84 bits per heavy atom. The molecule has 1 spiro atoms. The molecule has 6 heteroatoms. The lowest BCUT2D eigenvalue weighted by molar-refractivity contribution is -0.200. The van der Waals surface area contributed by atoms with Gasteiger partial charge in [0.2, 0.25) is 5.91 Å². The third-order valence-electron chi connectivity index (χ3n) is 10.8. The first kappa shape index (κ1) is 22.4. The van der Waals surface area contributed by atoms with Crippen LogP contribution in [0.2, 0.25) is 0 Å². The number of amides is 1. The van der Waals surface area contributed by atoms with E-state index in [9.17, 15) is 15.0 Å². The van der Waals surface area contributed by atoms with Crippen LogP contribution in [0, 0.1) is 11.8 Å². The molecule has 0 radical (unpaired) electrons. The number of hydrogen-bond donors (Lipinski definition) is 2. The molecular formula is C31H36N2O4. The number of piperidine rings is 1. The molecule has 2 saturated carbocycles. The summed E-state index contributed by atoms with van der Waals surface area (Å²) in [7, 11) is 0. The number of benzene rings is 2. The third kappa shape index (κ3) is 2.97. The number of hydrogen-bond acceptors (Lipinski definition) is 5. The Hall–Kier alpha value is -2.57. The molecule has 3 aliphatic carbocycles. The first-order valence-corrected chi connectivity index (χ1v) is 14.3. The number of likely N-dealkylation sites (tertiary alicyclic amines) is 2. The summed E-state index contributed by atoms with van der Waals surface area (Å²) in [6.45, 7) is 2.75. The van der Waals surface area contributed by atoms with E-state index >= 15 is 0 Å². The van der Waals surface area contributed by atoms with Crippen LogP contribution in [-0.4, -0.2) is 69.3 Å². The van der Waals surface area contributed by atoms with Crippen molar-refractivity contribution in [1.82, 2.24) is 9.80 Å². The predicted octanol–water partition coefficient (Wildman–Crippen LogP) is 3.42. The third-order valence-corrected chi connectivity index (χ3v) is 10.8. The maximum atomic E-state index is 13.8. The smallest absolute Gasteiger partial charge is 0.226 e. The molecule has 3 aliphatic heterocycles. The summed E-state index contributed by atoms with van der Waals surface area (Å²) >= 11 is 0. The average molecular weight is 501 g/mol. The molecule has 3 heterocycles. The second kappa shape index (κ2) is 7.73. The average Bonchev–Trinajstić information content (AvgIpc) is 3.55. The van der Waals surface area contributed by atoms with E-state index in [4.69, 9.17) is 4.74 Å². The molecule has 1 unspecified atom stereocenters. The molecule has 37 heavy (non-hydrogen) atoms. The van der Waals surface area contributed by atoms with Gasteiger partial charge < -0.3 is 19.8 Å². The minimum atomic E-state index is -0.903. The number of carbonyl (C=O) groups is 1. The van der Waals surface area contributed by atoms with Crippen LogP contribution in [0.4, 0.5) is 0 Å². The van der Waals surface area contributed by atoms with Crippen molar-refractivity contribution in [2.75, 3.05) is 19.6 Å². The van der Waals surface area contributed by atoms with Gasteiger partial charge in [0.1, 0.15) is 6.10 Å². The Morgan fingerprint density at radius 3 is 2.65 bits per heavy atom. The van der Waals surface area contributed by atoms with E-state index in [1.54, 1.807) is 6.07 Å². The number of nitrogens with zero attached hydrogens (tertiary/aromatic N) is 2. The van der Waals surface area contributed by atoms with Gasteiger partial charge in [-0.3, -0.25) is 9.69 Å². The molecule has 1 amide bonds. The number of aromatic hydroxyl groups is 1. The highest BCUT2D eigenvalue weighted by molar-refractivity contribution is 5.82. The first-order valence-electron chi connectivity index (χ1n) is 14.3. The fourth-order valence-electron chi connectivity index (χ4n) is 8.95. The van der Waals surface area contributed by atoms with Crippen LogP contribution in [0.15, 0.2) is 42.5 Å². The van der Waals surface area contributed by atoms with Crippen molar-refractivity contribution in [2.24, 2.45) is 11.8 Å². The molecule has 8 rings (SSSR count). The van der Waals surface area contributed by atoms with Gasteiger partial charge in [0.25, 0.3) is 0 Å². The second-order valence-corrected chi connectivity index (χ2v) is 12.6. The van der Waals surface area contributed by atoms with Crippen molar-refractivity contribution >= 4 is 5.91 Å². The van der Waals surface area contributed by atoms with Crippen LogP contribution in [-0.2, 0) is 23.1 Å². The van der Waals surface area contributed by atoms with Crippen LogP contribution in [0.5, 0.6) is 11.5 Å². The molecule has 6 atom stereocenters. The number of phenolic OH excluding ortho intramolecular Hbond substituents is 1. The molecule has 0 aromatic heterocycles. The Morgan fingerprint density at radius 1 is 1.00 bits per heavy atom. The predicted molar refractivity (Wildman–Crippen MR) is 139 cm³/mol. The van der Waals surface area contributed by atoms with Gasteiger partial charge in [0, 0.05) is 30.6 Å². The van der Waals surface area contributed by atoms with E-state index < -0.39 is 11.0 Å². The topological polar surface area (TPSA) is 73.2 Å². The van der Waals surface area contributed by atoms with Crippen molar-refractivity contribution in [3.63, 3.8) is 0 Å². The highest BCUT2D eigenvalue weighted by Crippen LogP contribution is 2.66. The van der Waals surface area contributed by atoms with Gasteiger partial charge >= 0.3 is 0 Å². The number of rotatable bonds is 5.